The number of non-ortho nitro benzene ring substituents is 2. The number of rotatable bonds is 10. The van der Waals surface area contributed by atoms with Crippen LogP contribution in [0.1, 0.15) is 26.3 Å². The summed E-state index contributed by atoms with van der Waals surface area (Å²) in [5.41, 5.74) is -1.80. The molecule has 0 amide bonds. The molecule has 3 aromatic carbocycles. The summed E-state index contributed by atoms with van der Waals surface area (Å²) in [5, 5.41) is 21.7. The number of nitro groups is 2. The summed E-state index contributed by atoms with van der Waals surface area (Å²) in [4.78, 5) is 45.5. The Morgan fingerprint density at radius 1 is 0.775 bits per heavy atom. The fourth-order valence-electron chi connectivity index (χ4n) is 4.83. The molecule has 3 atom stereocenters. The average Bonchev–Trinajstić information content (AvgIpc) is 3.58. The molecule has 40 heavy (non-hydrogen) atoms. The Kier molecular flexibility index (Phi) is 7.84. The van der Waals surface area contributed by atoms with Gasteiger partial charge in [-0.05, 0) is 36.2 Å². The van der Waals surface area contributed by atoms with Crippen LogP contribution >= 0.6 is 0 Å². The molecule has 0 aromatic heterocycles. The van der Waals surface area contributed by atoms with Crippen molar-refractivity contribution in [2.45, 2.75) is 12.6 Å². The van der Waals surface area contributed by atoms with Gasteiger partial charge in [-0.2, -0.15) is 13.2 Å². The SMILES string of the molecule is O=C(OC[C@H]1[C@H](C(F)(F)F)[C@]1(COC(=O)c1ccc([N+](=O)[O-])cc1)Cc1ccccc1)c1ccc([N+](=O)[O-])cc1. The van der Waals surface area contributed by atoms with Crippen LogP contribution in [-0.4, -0.2) is 41.2 Å². The number of nitrogens with zero attached hydrogens (tertiary/aromatic N) is 2. The van der Waals surface area contributed by atoms with E-state index in [1.807, 2.05) is 0 Å². The van der Waals surface area contributed by atoms with Crippen molar-refractivity contribution in [2.75, 3.05) is 13.2 Å². The zero-order valence-electron chi connectivity index (χ0n) is 20.6. The van der Waals surface area contributed by atoms with Gasteiger partial charge in [0.2, 0.25) is 0 Å². The van der Waals surface area contributed by atoms with Crippen molar-refractivity contribution in [1.82, 2.24) is 0 Å². The van der Waals surface area contributed by atoms with Crippen molar-refractivity contribution in [1.29, 1.82) is 0 Å². The smallest absolute Gasteiger partial charge is 0.392 e. The second-order valence-electron chi connectivity index (χ2n) is 9.30. The van der Waals surface area contributed by atoms with Crippen molar-refractivity contribution < 1.29 is 42.1 Å². The predicted octanol–water partition coefficient (Wildman–Crippen LogP) is 5.55. The summed E-state index contributed by atoms with van der Waals surface area (Å²) in [5.74, 6) is -5.13. The van der Waals surface area contributed by atoms with E-state index in [2.05, 4.69) is 0 Å². The van der Waals surface area contributed by atoms with Crippen molar-refractivity contribution in [3.8, 4) is 0 Å². The number of ether oxygens (including phenoxy) is 2. The topological polar surface area (TPSA) is 139 Å². The highest BCUT2D eigenvalue weighted by molar-refractivity contribution is 5.90. The van der Waals surface area contributed by atoms with Crippen LogP contribution in [0, 0.1) is 37.5 Å². The number of nitro benzene ring substituents is 2. The van der Waals surface area contributed by atoms with E-state index in [1.165, 1.54) is 0 Å². The minimum Gasteiger partial charge on any atom is -0.462 e. The Bertz CT molecular complexity index is 1410. The molecule has 1 aliphatic carbocycles. The third-order valence-electron chi connectivity index (χ3n) is 6.87. The number of carbonyl (C=O) groups excluding carboxylic acids is 2. The molecule has 0 heterocycles. The van der Waals surface area contributed by atoms with Crippen LogP contribution in [0.4, 0.5) is 24.5 Å². The minimum absolute atomic E-state index is 0.0759. The lowest BCUT2D eigenvalue weighted by atomic mass is 9.93. The van der Waals surface area contributed by atoms with Crippen LogP contribution in [0.15, 0.2) is 78.9 Å². The molecule has 208 valence electrons. The monoisotopic (exact) mass is 558 g/mol. The first-order chi connectivity index (χ1) is 18.9. The Labute approximate surface area is 224 Å². The molecule has 0 unspecified atom stereocenters. The van der Waals surface area contributed by atoms with Gasteiger partial charge in [-0.3, -0.25) is 20.2 Å². The number of benzene rings is 3. The quantitative estimate of drug-likeness (QED) is 0.179. The molecule has 0 bridgehead atoms. The highest BCUT2D eigenvalue weighted by Gasteiger charge is 2.75. The molecule has 4 rings (SSSR count). The van der Waals surface area contributed by atoms with Gasteiger partial charge in [0, 0.05) is 35.6 Å². The lowest BCUT2D eigenvalue weighted by Gasteiger charge is -2.20. The van der Waals surface area contributed by atoms with Crippen LogP contribution in [0.3, 0.4) is 0 Å². The number of esters is 2. The molecule has 0 saturated heterocycles. The van der Waals surface area contributed by atoms with Gasteiger partial charge >= 0.3 is 18.1 Å². The lowest BCUT2D eigenvalue weighted by Crippen LogP contribution is -2.26. The molecule has 13 heteroatoms. The second kappa shape index (κ2) is 11.1. The summed E-state index contributed by atoms with van der Waals surface area (Å²) >= 11 is 0. The Balaban J connectivity index is 1.54. The Morgan fingerprint density at radius 2 is 1.25 bits per heavy atom. The number of alkyl halides is 3. The first kappa shape index (κ1) is 28.2. The molecular weight excluding hydrogens is 537 g/mol. The standard InChI is InChI=1S/C27H21F3N2O8/c28-27(29,30)23-22(15-39-24(33)18-6-10-20(11-7-18)31(35)36)26(23,14-17-4-2-1-3-5-17)16-40-25(34)19-8-12-21(13-9-19)32(37)38/h1-13,22-23H,14-16H2/t22-,23-,26-/m0/s1. The fraction of sp³-hybridized carbons (Fsp3) is 0.259. The molecule has 0 N–H and O–H groups in total. The maximum absolute atomic E-state index is 14.2. The Hall–Kier alpha value is -4.81. The zero-order valence-corrected chi connectivity index (χ0v) is 20.6. The zero-order chi connectivity index (χ0) is 29.1. The third-order valence-corrected chi connectivity index (χ3v) is 6.87. The van der Waals surface area contributed by atoms with Gasteiger partial charge in [-0.25, -0.2) is 9.59 Å². The van der Waals surface area contributed by atoms with Crippen molar-refractivity contribution in [2.24, 2.45) is 17.3 Å². The van der Waals surface area contributed by atoms with Crippen LogP contribution < -0.4 is 0 Å². The van der Waals surface area contributed by atoms with Crippen LogP contribution in [0.25, 0.3) is 0 Å². The summed E-state index contributed by atoms with van der Waals surface area (Å²) < 4.78 is 53.1. The molecule has 0 aliphatic heterocycles. The van der Waals surface area contributed by atoms with Crippen LogP contribution in [0.2, 0.25) is 0 Å². The maximum Gasteiger partial charge on any atom is 0.392 e. The molecule has 1 fully saturated rings. The first-order valence-corrected chi connectivity index (χ1v) is 11.9. The summed E-state index contributed by atoms with van der Waals surface area (Å²) in [7, 11) is 0. The number of hydrogen-bond donors (Lipinski definition) is 0. The van der Waals surface area contributed by atoms with E-state index < -0.39 is 58.4 Å². The van der Waals surface area contributed by atoms with Gasteiger partial charge in [-0.1, -0.05) is 30.3 Å². The molecule has 0 radical (unpaired) electrons. The van der Waals surface area contributed by atoms with E-state index >= 15 is 0 Å². The highest BCUT2D eigenvalue weighted by atomic mass is 19.4. The molecule has 1 saturated carbocycles. The lowest BCUT2D eigenvalue weighted by molar-refractivity contribution is -0.385. The second-order valence-corrected chi connectivity index (χ2v) is 9.30. The molecule has 0 spiro atoms. The van der Waals surface area contributed by atoms with E-state index in [0.29, 0.717) is 5.56 Å². The number of hydrogen-bond acceptors (Lipinski definition) is 8. The van der Waals surface area contributed by atoms with Gasteiger partial charge in [0.25, 0.3) is 11.4 Å². The average molecular weight is 558 g/mol. The summed E-state index contributed by atoms with van der Waals surface area (Å²) in [6, 6.07) is 17.1. The van der Waals surface area contributed by atoms with Gasteiger partial charge < -0.3 is 9.47 Å². The molecular formula is C27H21F3N2O8. The van der Waals surface area contributed by atoms with Crippen molar-refractivity contribution >= 4 is 23.3 Å². The predicted molar refractivity (Wildman–Crippen MR) is 132 cm³/mol. The van der Waals surface area contributed by atoms with Gasteiger partial charge in [0.15, 0.2) is 0 Å². The van der Waals surface area contributed by atoms with E-state index in [0.717, 1.165) is 48.5 Å². The highest BCUT2D eigenvalue weighted by Crippen LogP contribution is 2.67. The van der Waals surface area contributed by atoms with E-state index in [-0.39, 0.29) is 28.9 Å². The largest absolute Gasteiger partial charge is 0.462 e. The Morgan fingerprint density at radius 3 is 1.70 bits per heavy atom. The van der Waals surface area contributed by atoms with Crippen molar-refractivity contribution in [3.05, 3.63) is 116 Å². The van der Waals surface area contributed by atoms with Gasteiger partial charge in [0.05, 0.1) is 40.1 Å². The van der Waals surface area contributed by atoms with Crippen LogP contribution in [-0.2, 0) is 15.9 Å². The van der Waals surface area contributed by atoms with E-state index in [1.54, 1.807) is 30.3 Å². The summed E-state index contributed by atoms with van der Waals surface area (Å²) in [6.45, 7) is -1.29. The fourth-order valence-corrected chi connectivity index (χ4v) is 4.83. The molecule has 1 aliphatic rings. The third kappa shape index (κ3) is 6.08. The van der Waals surface area contributed by atoms with Crippen LogP contribution in [0.5, 0.6) is 0 Å². The summed E-state index contributed by atoms with van der Waals surface area (Å²) in [6.07, 6.45) is -4.84. The molecule has 3 aromatic rings. The van der Waals surface area contributed by atoms with E-state index in [4.69, 9.17) is 9.47 Å². The number of carbonyl (C=O) groups is 2. The normalized spacial score (nSPS) is 19.9. The van der Waals surface area contributed by atoms with Gasteiger partial charge in [-0.15, -0.1) is 0 Å². The first-order valence-electron chi connectivity index (χ1n) is 11.9. The molecule has 10 nitrogen and oxygen atoms in total. The van der Waals surface area contributed by atoms with Gasteiger partial charge in [0.1, 0.15) is 0 Å². The van der Waals surface area contributed by atoms with Crippen molar-refractivity contribution in [3.63, 3.8) is 0 Å². The minimum atomic E-state index is -4.71. The maximum atomic E-state index is 14.2. The van der Waals surface area contributed by atoms with E-state index in [9.17, 15) is 43.0 Å². The number of halogens is 3.